The molecule has 0 bridgehead atoms. The first kappa shape index (κ1) is 12.1. The van der Waals surface area contributed by atoms with Crippen LogP contribution < -0.4 is 5.32 Å². The second-order valence-corrected chi connectivity index (χ2v) is 2.79. The number of alkyl halides is 2. The number of hydrogen-bond donors (Lipinski definition) is 2. The second kappa shape index (κ2) is 6.60. The van der Waals surface area contributed by atoms with Gasteiger partial charge in [0.1, 0.15) is 6.10 Å². The summed E-state index contributed by atoms with van der Waals surface area (Å²) in [6.07, 6.45) is -4.40. The maximum Gasteiger partial charge on any atom is 0.265 e. The van der Waals surface area contributed by atoms with E-state index in [1.54, 1.807) is 0 Å². The Kier molecular flexibility index (Phi) is 6.65. The van der Waals surface area contributed by atoms with Crippen molar-refractivity contribution in [3.05, 3.63) is 10.6 Å². The van der Waals surface area contributed by atoms with Gasteiger partial charge in [0.15, 0.2) is 0 Å². The van der Waals surface area contributed by atoms with Gasteiger partial charge in [-0.25, -0.2) is 8.78 Å². The summed E-state index contributed by atoms with van der Waals surface area (Å²) in [6.45, 7) is -0.0343. The van der Waals surface area contributed by atoms with Crippen LogP contribution in [0.1, 0.15) is 0 Å². The molecule has 0 amide bonds. The van der Waals surface area contributed by atoms with Crippen LogP contribution in [-0.2, 0) is 0 Å². The van der Waals surface area contributed by atoms with Crippen molar-refractivity contribution in [1.82, 2.24) is 5.32 Å². The molecule has 12 heavy (non-hydrogen) atoms. The Hall–Kier alpha value is 0.1000. The largest absolute Gasteiger partial charge is 0.386 e. The molecule has 0 rings (SSSR count). The lowest BCUT2D eigenvalue weighted by molar-refractivity contribution is -0.00278. The Morgan fingerprint density at radius 3 is 2.58 bits per heavy atom. The standard InChI is InChI=1S/C6H9Cl2F2NO/c7-1-4(8)2-11-3-5(12)6(9)10/h1,5-6,11-12H,2-3H2. The van der Waals surface area contributed by atoms with Crippen molar-refractivity contribution in [2.75, 3.05) is 13.1 Å². The summed E-state index contributed by atoms with van der Waals surface area (Å²) in [6, 6.07) is 0. The van der Waals surface area contributed by atoms with E-state index in [-0.39, 0.29) is 13.1 Å². The first-order valence-corrected chi connectivity index (χ1v) is 4.01. The van der Waals surface area contributed by atoms with Gasteiger partial charge in [0.2, 0.25) is 0 Å². The zero-order chi connectivity index (χ0) is 9.56. The van der Waals surface area contributed by atoms with E-state index < -0.39 is 12.5 Å². The predicted octanol–water partition coefficient (Wildman–Crippen LogP) is 1.52. The van der Waals surface area contributed by atoms with Gasteiger partial charge < -0.3 is 10.4 Å². The number of hydrogen-bond acceptors (Lipinski definition) is 2. The minimum atomic E-state index is -2.74. The van der Waals surface area contributed by atoms with Crippen molar-refractivity contribution >= 4 is 23.2 Å². The molecule has 72 valence electrons. The molecule has 0 aliphatic carbocycles. The fourth-order valence-corrected chi connectivity index (χ4v) is 0.639. The maximum atomic E-state index is 11.7. The summed E-state index contributed by atoms with van der Waals surface area (Å²) in [5.41, 5.74) is 1.13. The molecule has 0 spiro atoms. The van der Waals surface area contributed by atoms with E-state index in [0.29, 0.717) is 5.03 Å². The highest BCUT2D eigenvalue weighted by Crippen LogP contribution is 2.02. The molecule has 0 aromatic heterocycles. The lowest BCUT2D eigenvalue weighted by atomic mass is 10.3. The van der Waals surface area contributed by atoms with Gasteiger partial charge in [0.05, 0.1) is 0 Å². The predicted molar refractivity (Wildman–Crippen MR) is 44.7 cm³/mol. The molecule has 2 nitrogen and oxygen atoms in total. The molecule has 0 heterocycles. The summed E-state index contributed by atoms with van der Waals surface area (Å²) >= 11 is 10.6. The van der Waals surface area contributed by atoms with Gasteiger partial charge >= 0.3 is 0 Å². The number of rotatable bonds is 5. The van der Waals surface area contributed by atoms with Crippen molar-refractivity contribution in [2.45, 2.75) is 12.5 Å². The first-order valence-electron chi connectivity index (χ1n) is 3.19. The van der Waals surface area contributed by atoms with Crippen LogP contribution in [0.15, 0.2) is 10.6 Å². The minimum Gasteiger partial charge on any atom is -0.386 e. The molecule has 6 heteroatoms. The Morgan fingerprint density at radius 1 is 1.58 bits per heavy atom. The molecule has 0 saturated carbocycles. The fraction of sp³-hybridized carbons (Fsp3) is 0.667. The fourth-order valence-electron chi connectivity index (χ4n) is 0.467. The van der Waals surface area contributed by atoms with Crippen molar-refractivity contribution in [1.29, 1.82) is 0 Å². The Morgan fingerprint density at radius 2 is 2.17 bits per heavy atom. The molecule has 0 aromatic rings. The topological polar surface area (TPSA) is 32.3 Å². The van der Waals surface area contributed by atoms with Crippen LogP contribution >= 0.6 is 23.2 Å². The van der Waals surface area contributed by atoms with Gasteiger partial charge in [-0.1, -0.05) is 23.2 Å². The number of aliphatic hydroxyl groups is 1. The minimum absolute atomic E-state index is 0.175. The van der Waals surface area contributed by atoms with Crippen LogP contribution in [0.2, 0.25) is 0 Å². The molecule has 0 fully saturated rings. The summed E-state index contributed by atoms with van der Waals surface area (Å²) in [5, 5.41) is 11.4. The van der Waals surface area contributed by atoms with Gasteiger partial charge in [0.25, 0.3) is 6.43 Å². The highest BCUT2D eigenvalue weighted by Gasteiger charge is 2.15. The lowest BCUT2D eigenvalue weighted by Gasteiger charge is -2.09. The van der Waals surface area contributed by atoms with E-state index >= 15 is 0 Å². The van der Waals surface area contributed by atoms with Crippen LogP contribution in [0.5, 0.6) is 0 Å². The Balaban J connectivity index is 3.43. The molecule has 2 N–H and O–H groups in total. The molecule has 0 aromatic carbocycles. The number of halogens is 4. The Labute approximate surface area is 79.2 Å². The first-order chi connectivity index (χ1) is 5.57. The van der Waals surface area contributed by atoms with Crippen LogP contribution in [0.25, 0.3) is 0 Å². The van der Waals surface area contributed by atoms with Crippen LogP contribution in [-0.4, -0.2) is 30.7 Å². The van der Waals surface area contributed by atoms with Crippen LogP contribution in [0.3, 0.4) is 0 Å². The summed E-state index contributed by atoms with van der Waals surface area (Å²) in [4.78, 5) is 0. The van der Waals surface area contributed by atoms with E-state index in [0.717, 1.165) is 5.54 Å². The van der Waals surface area contributed by atoms with Crippen LogP contribution in [0.4, 0.5) is 8.78 Å². The molecule has 1 atom stereocenters. The average Bonchev–Trinajstić information content (AvgIpc) is 2.03. The van der Waals surface area contributed by atoms with E-state index in [9.17, 15) is 8.78 Å². The second-order valence-electron chi connectivity index (χ2n) is 2.09. The molecule has 0 aliphatic rings. The van der Waals surface area contributed by atoms with E-state index in [1.807, 2.05) is 0 Å². The van der Waals surface area contributed by atoms with Crippen LogP contribution in [0, 0.1) is 0 Å². The molecule has 0 aliphatic heterocycles. The zero-order valence-corrected chi connectivity index (χ0v) is 7.62. The van der Waals surface area contributed by atoms with Gasteiger partial charge in [-0.3, -0.25) is 0 Å². The van der Waals surface area contributed by atoms with Crippen molar-refractivity contribution in [3.8, 4) is 0 Å². The van der Waals surface area contributed by atoms with E-state index in [2.05, 4.69) is 5.32 Å². The highest BCUT2D eigenvalue weighted by atomic mass is 35.5. The van der Waals surface area contributed by atoms with Gasteiger partial charge in [0, 0.05) is 23.7 Å². The molecule has 0 saturated heterocycles. The summed E-state index contributed by atoms with van der Waals surface area (Å²) < 4.78 is 23.3. The van der Waals surface area contributed by atoms with Crippen molar-refractivity contribution in [3.63, 3.8) is 0 Å². The monoisotopic (exact) mass is 219 g/mol. The van der Waals surface area contributed by atoms with Gasteiger partial charge in [-0.15, -0.1) is 0 Å². The number of nitrogens with one attached hydrogen (secondary N) is 1. The quantitative estimate of drug-likeness (QED) is 0.736. The third-order valence-corrected chi connectivity index (χ3v) is 1.67. The maximum absolute atomic E-state index is 11.7. The average molecular weight is 220 g/mol. The lowest BCUT2D eigenvalue weighted by Crippen LogP contribution is -2.32. The smallest absolute Gasteiger partial charge is 0.265 e. The molecule has 1 unspecified atom stereocenters. The SMILES string of the molecule is OC(CNCC(Cl)=CCl)C(F)F. The summed E-state index contributed by atoms with van der Waals surface area (Å²) in [7, 11) is 0. The third-order valence-electron chi connectivity index (χ3n) is 1.06. The molecular formula is C6H9Cl2F2NO. The van der Waals surface area contributed by atoms with E-state index in [1.165, 1.54) is 0 Å². The summed E-state index contributed by atoms with van der Waals surface area (Å²) in [5.74, 6) is 0. The Bertz CT molecular complexity index is 154. The highest BCUT2D eigenvalue weighted by molar-refractivity contribution is 6.36. The van der Waals surface area contributed by atoms with Gasteiger partial charge in [-0.2, -0.15) is 0 Å². The van der Waals surface area contributed by atoms with E-state index in [4.69, 9.17) is 28.3 Å². The normalized spacial score (nSPS) is 15.3. The molecule has 0 radical (unpaired) electrons. The zero-order valence-electron chi connectivity index (χ0n) is 6.11. The number of aliphatic hydroxyl groups excluding tert-OH is 1. The third kappa shape index (κ3) is 5.71. The molecular weight excluding hydrogens is 211 g/mol. The van der Waals surface area contributed by atoms with Crippen molar-refractivity contribution < 1.29 is 13.9 Å². The van der Waals surface area contributed by atoms with Crippen molar-refractivity contribution in [2.24, 2.45) is 0 Å². The van der Waals surface area contributed by atoms with Gasteiger partial charge in [-0.05, 0) is 0 Å².